The van der Waals surface area contributed by atoms with Gasteiger partial charge >= 0.3 is 5.97 Å². The molecule has 0 aliphatic rings. The molecule has 0 N–H and O–H groups in total. The van der Waals surface area contributed by atoms with Gasteiger partial charge in [-0.3, -0.25) is 0 Å². The largest absolute Gasteiger partial charge is 0.497 e. The van der Waals surface area contributed by atoms with Crippen molar-refractivity contribution in [1.29, 1.82) is 0 Å². The van der Waals surface area contributed by atoms with Crippen LogP contribution in [0.4, 0.5) is 8.78 Å². The number of rotatable bonds is 3. The topological polar surface area (TPSA) is 35.5 Å². The van der Waals surface area contributed by atoms with E-state index in [0.29, 0.717) is 11.3 Å². The lowest BCUT2D eigenvalue weighted by molar-refractivity contribution is 0.0590. The molecule has 0 fully saturated rings. The number of ether oxygens (including phenoxy) is 2. The Labute approximate surface area is 114 Å². The summed E-state index contributed by atoms with van der Waals surface area (Å²) in [6.45, 7) is 0. The lowest BCUT2D eigenvalue weighted by Gasteiger charge is -2.09. The van der Waals surface area contributed by atoms with Gasteiger partial charge in [0.05, 0.1) is 14.2 Å². The van der Waals surface area contributed by atoms with Gasteiger partial charge in [0.25, 0.3) is 0 Å². The second-order valence-electron chi connectivity index (χ2n) is 4.00. The maximum Gasteiger partial charge on any atom is 0.343 e. The van der Waals surface area contributed by atoms with Crippen LogP contribution < -0.4 is 4.74 Å². The number of halogens is 2. The van der Waals surface area contributed by atoms with Crippen LogP contribution in [0.2, 0.25) is 0 Å². The molecule has 0 aliphatic heterocycles. The summed E-state index contributed by atoms with van der Waals surface area (Å²) >= 11 is 0. The van der Waals surface area contributed by atoms with Gasteiger partial charge in [-0.15, -0.1) is 0 Å². The molecule has 3 nitrogen and oxygen atoms in total. The van der Waals surface area contributed by atoms with Crippen LogP contribution in [0.1, 0.15) is 10.4 Å². The van der Waals surface area contributed by atoms with Gasteiger partial charge in [0.1, 0.15) is 22.9 Å². The van der Waals surface area contributed by atoms with Crippen molar-refractivity contribution in [3.8, 4) is 16.9 Å². The van der Waals surface area contributed by atoms with Gasteiger partial charge in [0, 0.05) is 5.56 Å². The monoisotopic (exact) mass is 278 g/mol. The maximum absolute atomic E-state index is 14.3. The second-order valence-corrected chi connectivity index (χ2v) is 4.00. The molecule has 0 saturated carbocycles. The molecule has 5 heteroatoms. The average Bonchev–Trinajstić information content (AvgIpc) is 2.47. The number of hydrogen-bond acceptors (Lipinski definition) is 3. The van der Waals surface area contributed by atoms with E-state index in [1.807, 2.05) is 0 Å². The minimum absolute atomic E-state index is 0.120. The summed E-state index contributed by atoms with van der Waals surface area (Å²) in [7, 11) is 2.59. The molecule has 2 aromatic rings. The van der Waals surface area contributed by atoms with E-state index in [4.69, 9.17) is 4.74 Å². The minimum Gasteiger partial charge on any atom is -0.497 e. The third-order valence-electron chi connectivity index (χ3n) is 2.88. The quantitative estimate of drug-likeness (QED) is 0.807. The van der Waals surface area contributed by atoms with E-state index < -0.39 is 23.2 Å². The Morgan fingerprint density at radius 2 is 1.65 bits per heavy atom. The van der Waals surface area contributed by atoms with E-state index in [1.54, 1.807) is 24.3 Å². The van der Waals surface area contributed by atoms with E-state index in [9.17, 15) is 13.6 Å². The van der Waals surface area contributed by atoms with Crippen LogP contribution >= 0.6 is 0 Å². The fourth-order valence-electron chi connectivity index (χ4n) is 1.84. The summed E-state index contributed by atoms with van der Waals surface area (Å²) in [6.07, 6.45) is 0. The first kappa shape index (κ1) is 14.0. The van der Waals surface area contributed by atoms with Gasteiger partial charge in [0.2, 0.25) is 0 Å². The molecule has 0 spiro atoms. The molecule has 104 valence electrons. The van der Waals surface area contributed by atoms with Crippen LogP contribution in [0, 0.1) is 11.6 Å². The number of carbonyl (C=O) groups excluding carboxylic acids is 1. The summed E-state index contributed by atoms with van der Waals surface area (Å²) in [5.41, 5.74) is -0.0660. The van der Waals surface area contributed by atoms with Crippen LogP contribution in [0.25, 0.3) is 11.1 Å². The van der Waals surface area contributed by atoms with Crippen molar-refractivity contribution in [2.75, 3.05) is 14.2 Å². The van der Waals surface area contributed by atoms with Crippen molar-refractivity contribution in [3.63, 3.8) is 0 Å². The Hall–Kier alpha value is -2.43. The van der Waals surface area contributed by atoms with Crippen LogP contribution in [0.15, 0.2) is 36.4 Å². The van der Waals surface area contributed by atoms with Gasteiger partial charge in [0.15, 0.2) is 0 Å². The summed E-state index contributed by atoms with van der Waals surface area (Å²) < 4.78 is 37.2. The van der Waals surface area contributed by atoms with Crippen LogP contribution in [-0.4, -0.2) is 20.2 Å². The van der Waals surface area contributed by atoms with E-state index >= 15 is 0 Å². The van der Waals surface area contributed by atoms with Crippen LogP contribution in [-0.2, 0) is 4.74 Å². The molecule has 0 unspecified atom stereocenters. The van der Waals surface area contributed by atoms with Crippen molar-refractivity contribution in [3.05, 3.63) is 53.6 Å². The fraction of sp³-hybridized carbons (Fsp3) is 0.133. The van der Waals surface area contributed by atoms with Crippen LogP contribution in [0.3, 0.4) is 0 Å². The van der Waals surface area contributed by atoms with E-state index in [-0.39, 0.29) is 5.56 Å². The molecule has 2 aromatic carbocycles. The van der Waals surface area contributed by atoms with Crippen LogP contribution in [0.5, 0.6) is 5.75 Å². The van der Waals surface area contributed by atoms with Crippen molar-refractivity contribution >= 4 is 5.97 Å². The fourth-order valence-corrected chi connectivity index (χ4v) is 1.84. The van der Waals surface area contributed by atoms with Crippen molar-refractivity contribution in [2.24, 2.45) is 0 Å². The molecule has 0 atom stereocenters. The zero-order valence-electron chi connectivity index (χ0n) is 10.9. The Bertz CT molecular complexity index is 636. The molecule has 0 bridgehead atoms. The highest BCUT2D eigenvalue weighted by Crippen LogP contribution is 2.28. The third-order valence-corrected chi connectivity index (χ3v) is 2.88. The molecule has 0 aliphatic carbocycles. The molecule has 0 amide bonds. The molecule has 20 heavy (non-hydrogen) atoms. The first-order chi connectivity index (χ1) is 9.58. The zero-order chi connectivity index (χ0) is 14.7. The number of benzene rings is 2. The average molecular weight is 278 g/mol. The predicted molar refractivity (Wildman–Crippen MR) is 69.7 cm³/mol. The van der Waals surface area contributed by atoms with E-state index in [2.05, 4.69) is 4.74 Å². The Kier molecular flexibility index (Phi) is 3.98. The smallest absolute Gasteiger partial charge is 0.343 e. The summed E-state index contributed by atoms with van der Waals surface area (Å²) in [4.78, 5) is 11.4. The van der Waals surface area contributed by atoms with Crippen molar-refractivity contribution in [1.82, 2.24) is 0 Å². The first-order valence-corrected chi connectivity index (χ1v) is 5.79. The third kappa shape index (κ3) is 2.47. The predicted octanol–water partition coefficient (Wildman–Crippen LogP) is 3.43. The summed E-state index contributed by atoms with van der Waals surface area (Å²) in [5, 5.41) is 0. The van der Waals surface area contributed by atoms with Gasteiger partial charge < -0.3 is 9.47 Å². The lowest BCUT2D eigenvalue weighted by atomic mass is 10.0. The first-order valence-electron chi connectivity index (χ1n) is 5.79. The second kappa shape index (κ2) is 5.69. The highest BCUT2D eigenvalue weighted by Gasteiger charge is 2.21. The Balaban J connectivity index is 2.54. The molecule has 0 heterocycles. The van der Waals surface area contributed by atoms with Gasteiger partial charge in [-0.2, -0.15) is 0 Å². The molecule has 0 saturated heterocycles. The standard InChI is InChI=1S/C15H12F2O3/c1-19-10-5-3-9(4-6-10)11-7-8-12(16)13(14(11)17)15(18)20-2/h3-8H,1-2H3. The molecule has 0 radical (unpaired) electrons. The highest BCUT2D eigenvalue weighted by molar-refractivity contribution is 5.91. The van der Waals surface area contributed by atoms with Gasteiger partial charge in [-0.1, -0.05) is 12.1 Å². The molecular formula is C15H12F2O3. The molecule has 0 aromatic heterocycles. The zero-order valence-corrected chi connectivity index (χ0v) is 10.9. The number of methoxy groups -OCH3 is 2. The van der Waals surface area contributed by atoms with Gasteiger partial charge in [-0.25, -0.2) is 13.6 Å². The van der Waals surface area contributed by atoms with Gasteiger partial charge in [-0.05, 0) is 29.8 Å². The normalized spacial score (nSPS) is 10.2. The Morgan fingerprint density at radius 1 is 1.00 bits per heavy atom. The maximum atomic E-state index is 14.3. The number of hydrogen-bond donors (Lipinski definition) is 0. The van der Waals surface area contributed by atoms with E-state index in [0.717, 1.165) is 13.2 Å². The Morgan fingerprint density at radius 3 is 2.20 bits per heavy atom. The summed E-state index contributed by atoms with van der Waals surface area (Å²) in [6, 6.07) is 8.85. The van der Waals surface area contributed by atoms with Crippen molar-refractivity contribution in [2.45, 2.75) is 0 Å². The number of esters is 1. The highest BCUT2D eigenvalue weighted by atomic mass is 19.1. The van der Waals surface area contributed by atoms with E-state index in [1.165, 1.54) is 13.2 Å². The van der Waals surface area contributed by atoms with Crippen molar-refractivity contribution < 1.29 is 23.0 Å². The minimum atomic E-state index is -1.05. The molecule has 2 rings (SSSR count). The SMILES string of the molecule is COC(=O)c1c(F)ccc(-c2ccc(OC)cc2)c1F. The summed E-state index contributed by atoms with van der Waals surface area (Å²) in [5.74, 6) is -2.33. The molecular weight excluding hydrogens is 266 g/mol. The number of carbonyl (C=O) groups is 1. The lowest BCUT2D eigenvalue weighted by Crippen LogP contribution is -2.08.